The van der Waals surface area contributed by atoms with Gasteiger partial charge in [0, 0.05) is 25.2 Å². The molecule has 3 heterocycles. The Kier molecular flexibility index (Phi) is 6.14. The minimum Gasteiger partial charge on any atom is -0.365 e. The number of pyridine rings is 1. The van der Waals surface area contributed by atoms with Crippen molar-refractivity contribution in [3.63, 3.8) is 0 Å². The molecule has 1 aromatic rings. The van der Waals surface area contributed by atoms with Gasteiger partial charge in [0.25, 0.3) is 5.70 Å². The summed E-state index contributed by atoms with van der Waals surface area (Å²) >= 11 is 5.87. The molecule has 0 N–H and O–H groups in total. The van der Waals surface area contributed by atoms with E-state index in [1.54, 1.807) is 12.3 Å². The summed E-state index contributed by atoms with van der Waals surface area (Å²) < 4.78 is 5.97. The maximum Gasteiger partial charge on any atom is 0.293 e. The normalized spacial score (nSPS) is 28.7. The molecule has 0 aliphatic carbocycles. The average Bonchev–Trinajstić information content (AvgIpc) is 2.59. The molecule has 2 aliphatic rings. The number of rotatable bonds is 4. The van der Waals surface area contributed by atoms with E-state index in [1.807, 2.05) is 13.0 Å². The summed E-state index contributed by atoms with van der Waals surface area (Å²) in [5.74, 6) is 0.144. The van der Waals surface area contributed by atoms with E-state index in [4.69, 9.17) is 16.3 Å². The minimum atomic E-state index is -0.421. The molecule has 26 heavy (non-hydrogen) atoms. The summed E-state index contributed by atoms with van der Waals surface area (Å²) in [4.78, 5) is 18.1. The van der Waals surface area contributed by atoms with Crippen LogP contribution in [-0.4, -0.2) is 33.6 Å². The van der Waals surface area contributed by atoms with E-state index >= 15 is 0 Å². The molecule has 3 atom stereocenters. The van der Waals surface area contributed by atoms with Crippen LogP contribution in [0.1, 0.15) is 51.5 Å². The largest absolute Gasteiger partial charge is 0.365 e. The quantitative estimate of drug-likeness (QED) is 0.440. The summed E-state index contributed by atoms with van der Waals surface area (Å²) in [6.07, 6.45) is 6.02. The van der Waals surface area contributed by atoms with Gasteiger partial charge >= 0.3 is 0 Å². The molecule has 0 spiro atoms. The first-order chi connectivity index (χ1) is 12.5. The highest BCUT2D eigenvalue weighted by molar-refractivity contribution is 6.29. The Labute approximate surface area is 159 Å². The Bertz CT molecular complexity index is 677. The SMILES string of the molecule is CC1CCCC(/C(=C2\C(C)CCCN2Cc2ccc(Cl)nc2)[N+](=O)[O-])O1. The van der Waals surface area contributed by atoms with Gasteiger partial charge in [0.2, 0.25) is 0 Å². The number of hydrogen-bond acceptors (Lipinski definition) is 5. The van der Waals surface area contributed by atoms with Crippen LogP contribution in [-0.2, 0) is 11.3 Å². The molecule has 2 aliphatic heterocycles. The third-order valence-corrected chi connectivity index (χ3v) is 5.50. The highest BCUT2D eigenvalue weighted by atomic mass is 35.5. The zero-order valence-corrected chi connectivity index (χ0v) is 16.1. The molecule has 3 unspecified atom stereocenters. The molecule has 0 amide bonds. The number of nitro groups is 1. The van der Waals surface area contributed by atoms with Crippen LogP contribution in [0, 0.1) is 16.0 Å². The first-order valence-electron chi connectivity index (χ1n) is 9.35. The average molecular weight is 380 g/mol. The molecule has 3 rings (SSSR count). The van der Waals surface area contributed by atoms with Gasteiger partial charge < -0.3 is 9.64 Å². The molecule has 6 nitrogen and oxygen atoms in total. The van der Waals surface area contributed by atoms with Gasteiger partial charge in [-0.3, -0.25) is 10.1 Å². The van der Waals surface area contributed by atoms with Gasteiger partial charge in [-0.15, -0.1) is 0 Å². The number of nitrogens with zero attached hydrogens (tertiary/aromatic N) is 3. The van der Waals surface area contributed by atoms with Crippen LogP contribution in [0.25, 0.3) is 0 Å². The maximum atomic E-state index is 12.0. The number of halogens is 1. The van der Waals surface area contributed by atoms with Gasteiger partial charge in [0.1, 0.15) is 11.3 Å². The van der Waals surface area contributed by atoms with Crippen LogP contribution >= 0.6 is 11.6 Å². The Morgan fingerprint density at radius 1 is 1.35 bits per heavy atom. The number of piperidine rings is 1. The van der Waals surface area contributed by atoms with Crippen molar-refractivity contribution in [3.05, 3.63) is 50.6 Å². The number of allylic oxidation sites excluding steroid dienone is 1. The number of aromatic nitrogens is 1. The third-order valence-electron chi connectivity index (χ3n) is 5.27. The number of likely N-dealkylation sites (tertiary alicyclic amines) is 1. The Morgan fingerprint density at radius 3 is 2.81 bits per heavy atom. The van der Waals surface area contributed by atoms with Gasteiger partial charge in [-0.2, -0.15) is 0 Å². The highest BCUT2D eigenvalue weighted by Gasteiger charge is 2.38. The molecule has 1 aromatic heterocycles. The Balaban J connectivity index is 1.94. The standard InChI is InChI=1S/C19H26ClN3O3/c1-13-5-4-10-22(12-15-8-9-17(20)21-11-15)18(13)19(23(24)25)16-7-3-6-14(2)26-16/h8-9,11,13-14,16H,3-7,10,12H2,1-2H3/b19-18-. The molecular weight excluding hydrogens is 354 g/mol. The van der Waals surface area contributed by atoms with Crippen molar-refractivity contribution >= 4 is 11.6 Å². The van der Waals surface area contributed by atoms with Crippen LogP contribution in [0.5, 0.6) is 0 Å². The van der Waals surface area contributed by atoms with Gasteiger partial charge in [-0.1, -0.05) is 24.6 Å². The molecule has 0 aromatic carbocycles. The van der Waals surface area contributed by atoms with E-state index in [0.29, 0.717) is 18.1 Å². The van der Waals surface area contributed by atoms with E-state index in [1.165, 1.54) is 0 Å². The maximum absolute atomic E-state index is 12.0. The molecule has 0 radical (unpaired) electrons. The van der Waals surface area contributed by atoms with Crippen LogP contribution in [0.15, 0.2) is 29.7 Å². The fraction of sp³-hybridized carbons (Fsp3) is 0.632. The first kappa shape index (κ1) is 19.1. The summed E-state index contributed by atoms with van der Waals surface area (Å²) in [6, 6.07) is 3.69. The van der Waals surface area contributed by atoms with Gasteiger partial charge in [0.15, 0.2) is 0 Å². The second kappa shape index (κ2) is 8.35. The lowest BCUT2D eigenvalue weighted by Gasteiger charge is -2.37. The topological polar surface area (TPSA) is 68.5 Å². The monoisotopic (exact) mass is 379 g/mol. The lowest BCUT2D eigenvalue weighted by molar-refractivity contribution is -0.442. The zero-order valence-electron chi connectivity index (χ0n) is 15.4. The molecule has 2 saturated heterocycles. The fourth-order valence-electron chi connectivity index (χ4n) is 4.04. The van der Waals surface area contributed by atoms with Crippen molar-refractivity contribution in [1.29, 1.82) is 0 Å². The van der Waals surface area contributed by atoms with E-state index < -0.39 is 6.10 Å². The van der Waals surface area contributed by atoms with E-state index in [0.717, 1.165) is 43.5 Å². The van der Waals surface area contributed by atoms with E-state index in [2.05, 4.69) is 16.8 Å². The molecule has 2 fully saturated rings. The summed E-state index contributed by atoms with van der Waals surface area (Å²) in [5, 5.41) is 12.5. The first-order valence-corrected chi connectivity index (χ1v) is 9.72. The second-order valence-corrected chi connectivity index (χ2v) is 7.74. The van der Waals surface area contributed by atoms with Crippen molar-refractivity contribution in [1.82, 2.24) is 9.88 Å². The molecule has 0 saturated carbocycles. The molecular formula is C19H26ClN3O3. The number of hydrogen-bond donors (Lipinski definition) is 0. The summed E-state index contributed by atoms with van der Waals surface area (Å²) in [5.41, 5.74) is 2.09. The molecule has 142 valence electrons. The van der Waals surface area contributed by atoms with Crippen LogP contribution in [0.4, 0.5) is 0 Å². The van der Waals surface area contributed by atoms with Crippen molar-refractivity contribution < 1.29 is 9.66 Å². The van der Waals surface area contributed by atoms with E-state index in [-0.39, 0.29) is 22.6 Å². The molecule has 0 bridgehead atoms. The van der Waals surface area contributed by atoms with Crippen LogP contribution in [0.2, 0.25) is 5.15 Å². The summed E-state index contributed by atoms with van der Waals surface area (Å²) in [6.45, 7) is 5.48. The minimum absolute atomic E-state index is 0.0668. The smallest absolute Gasteiger partial charge is 0.293 e. The van der Waals surface area contributed by atoms with Gasteiger partial charge in [-0.25, -0.2) is 4.98 Å². The lowest BCUT2D eigenvalue weighted by Crippen LogP contribution is -2.38. The predicted molar refractivity (Wildman–Crippen MR) is 100 cm³/mol. The zero-order chi connectivity index (χ0) is 18.7. The second-order valence-electron chi connectivity index (χ2n) is 7.35. The fourth-order valence-corrected chi connectivity index (χ4v) is 4.15. The highest BCUT2D eigenvalue weighted by Crippen LogP contribution is 2.35. The van der Waals surface area contributed by atoms with Crippen molar-refractivity contribution in [2.24, 2.45) is 5.92 Å². The Hall–Kier alpha value is -1.66. The number of ether oxygens (including phenoxy) is 1. The lowest BCUT2D eigenvalue weighted by atomic mass is 9.91. The van der Waals surface area contributed by atoms with Crippen molar-refractivity contribution in [2.45, 2.75) is 64.7 Å². The summed E-state index contributed by atoms with van der Waals surface area (Å²) in [7, 11) is 0. The Morgan fingerprint density at radius 2 is 2.15 bits per heavy atom. The van der Waals surface area contributed by atoms with Gasteiger partial charge in [-0.05, 0) is 50.7 Å². The van der Waals surface area contributed by atoms with E-state index in [9.17, 15) is 10.1 Å². The van der Waals surface area contributed by atoms with Gasteiger partial charge in [0.05, 0.1) is 16.7 Å². The predicted octanol–water partition coefficient (Wildman–Crippen LogP) is 4.41. The van der Waals surface area contributed by atoms with Crippen molar-refractivity contribution in [2.75, 3.05) is 6.54 Å². The third kappa shape index (κ3) is 4.35. The van der Waals surface area contributed by atoms with Crippen molar-refractivity contribution in [3.8, 4) is 0 Å². The molecule has 7 heteroatoms. The van der Waals surface area contributed by atoms with Crippen LogP contribution < -0.4 is 0 Å². The van der Waals surface area contributed by atoms with Crippen LogP contribution in [0.3, 0.4) is 0 Å².